The Morgan fingerprint density at radius 1 is 1.17 bits per heavy atom. The van der Waals surface area contributed by atoms with Crippen molar-refractivity contribution in [1.82, 2.24) is 0 Å². The molecule has 1 aliphatic heterocycles. The van der Waals surface area contributed by atoms with E-state index in [-0.39, 0.29) is 17.8 Å². The monoisotopic (exact) mass is 312 g/mol. The van der Waals surface area contributed by atoms with Crippen LogP contribution in [0.5, 0.6) is 5.75 Å². The molecular weight excluding hydrogens is 292 g/mol. The van der Waals surface area contributed by atoms with Gasteiger partial charge in [0.05, 0.1) is 6.61 Å². The van der Waals surface area contributed by atoms with Crippen molar-refractivity contribution in [1.29, 1.82) is 0 Å². The summed E-state index contributed by atoms with van der Waals surface area (Å²) in [7, 11) is 0. The SMILES string of the molecule is O=C(c1cccc(O)c1)c1ccccc1COC1CCCCO1. The summed E-state index contributed by atoms with van der Waals surface area (Å²) in [5.74, 6) is -0.0372. The number of phenolic OH excluding ortho intramolecular Hbond substituents is 1. The highest BCUT2D eigenvalue weighted by molar-refractivity contribution is 6.10. The first-order chi connectivity index (χ1) is 11.2. The van der Waals surface area contributed by atoms with Crippen LogP contribution in [0.25, 0.3) is 0 Å². The number of aromatic hydroxyl groups is 1. The Morgan fingerprint density at radius 2 is 2.04 bits per heavy atom. The number of rotatable bonds is 5. The van der Waals surface area contributed by atoms with Crippen LogP contribution < -0.4 is 0 Å². The lowest BCUT2D eigenvalue weighted by Crippen LogP contribution is -2.22. The lowest BCUT2D eigenvalue weighted by molar-refractivity contribution is -0.168. The molecule has 4 nitrogen and oxygen atoms in total. The van der Waals surface area contributed by atoms with Crippen LogP contribution in [0.15, 0.2) is 48.5 Å². The third-order valence-electron chi connectivity index (χ3n) is 3.93. The zero-order valence-corrected chi connectivity index (χ0v) is 12.9. The van der Waals surface area contributed by atoms with E-state index in [2.05, 4.69) is 0 Å². The highest BCUT2D eigenvalue weighted by Gasteiger charge is 2.17. The molecule has 0 spiro atoms. The van der Waals surface area contributed by atoms with Crippen molar-refractivity contribution in [3.63, 3.8) is 0 Å². The van der Waals surface area contributed by atoms with E-state index in [4.69, 9.17) is 9.47 Å². The molecule has 1 unspecified atom stereocenters. The molecular formula is C19H20O4. The van der Waals surface area contributed by atoms with Crippen molar-refractivity contribution in [3.8, 4) is 5.75 Å². The van der Waals surface area contributed by atoms with Crippen LogP contribution >= 0.6 is 0 Å². The van der Waals surface area contributed by atoms with Gasteiger partial charge in [-0.2, -0.15) is 0 Å². The molecule has 2 aromatic rings. The topological polar surface area (TPSA) is 55.8 Å². The number of hydrogen-bond acceptors (Lipinski definition) is 4. The molecule has 0 aromatic heterocycles. The highest BCUT2D eigenvalue weighted by atomic mass is 16.7. The maximum atomic E-state index is 12.7. The van der Waals surface area contributed by atoms with Crippen molar-refractivity contribution in [2.24, 2.45) is 0 Å². The van der Waals surface area contributed by atoms with Crippen molar-refractivity contribution in [3.05, 3.63) is 65.2 Å². The molecule has 23 heavy (non-hydrogen) atoms. The summed E-state index contributed by atoms with van der Waals surface area (Å²) in [4.78, 5) is 12.7. The molecule has 1 atom stereocenters. The maximum Gasteiger partial charge on any atom is 0.193 e. The van der Waals surface area contributed by atoms with Gasteiger partial charge >= 0.3 is 0 Å². The van der Waals surface area contributed by atoms with E-state index in [1.165, 1.54) is 6.07 Å². The van der Waals surface area contributed by atoms with Gasteiger partial charge in [0.25, 0.3) is 0 Å². The molecule has 0 saturated carbocycles. The first-order valence-electron chi connectivity index (χ1n) is 7.89. The molecule has 4 heteroatoms. The zero-order valence-electron chi connectivity index (χ0n) is 12.9. The van der Waals surface area contributed by atoms with Crippen molar-refractivity contribution in [2.75, 3.05) is 6.61 Å². The van der Waals surface area contributed by atoms with E-state index in [1.54, 1.807) is 24.3 Å². The number of ether oxygens (including phenoxy) is 2. The normalized spacial score (nSPS) is 17.8. The second-order valence-electron chi connectivity index (χ2n) is 5.64. The molecule has 1 N–H and O–H groups in total. The van der Waals surface area contributed by atoms with Crippen LogP contribution in [0, 0.1) is 0 Å². The minimum atomic E-state index is -0.187. The number of carbonyl (C=O) groups excluding carboxylic acids is 1. The van der Waals surface area contributed by atoms with Gasteiger partial charge in [-0.1, -0.05) is 36.4 Å². The molecule has 0 amide bonds. The molecule has 0 bridgehead atoms. The second kappa shape index (κ2) is 7.40. The largest absolute Gasteiger partial charge is 0.508 e. The Bertz CT molecular complexity index is 675. The lowest BCUT2D eigenvalue weighted by Gasteiger charge is -2.23. The van der Waals surface area contributed by atoms with Gasteiger partial charge in [0.2, 0.25) is 0 Å². The van der Waals surface area contributed by atoms with E-state index in [0.29, 0.717) is 17.7 Å². The van der Waals surface area contributed by atoms with Crippen LogP contribution in [0.3, 0.4) is 0 Å². The fraction of sp³-hybridized carbons (Fsp3) is 0.316. The minimum Gasteiger partial charge on any atom is -0.508 e. The molecule has 2 aromatic carbocycles. The number of ketones is 1. The quantitative estimate of drug-likeness (QED) is 0.856. The van der Waals surface area contributed by atoms with Gasteiger partial charge in [-0.05, 0) is 37.0 Å². The predicted molar refractivity (Wildman–Crippen MR) is 86.4 cm³/mol. The van der Waals surface area contributed by atoms with Gasteiger partial charge in [-0.25, -0.2) is 0 Å². The van der Waals surface area contributed by atoms with Gasteiger partial charge in [-0.3, -0.25) is 4.79 Å². The molecule has 0 radical (unpaired) electrons. The van der Waals surface area contributed by atoms with Gasteiger partial charge in [0.15, 0.2) is 12.1 Å². The van der Waals surface area contributed by atoms with Gasteiger partial charge in [0, 0.05) is 17.7 Å². The van der Waals surface area contributed by atoms with Gasteiger partial charge in [0.1, 0.15) is 5.75 Å². The Kier molecular flexibility index (Phi) is 5.05. The van der Waals surface area contributed by atoms with E-state index < -0.39 is 0 Å². The van der Waals surface area contributed by atoms with Crippen molar-refractivity contribution >= 4 is 5.78 Å². The van der Waals surface area contributed by atoms with Crippen LogP contribution in [-0.4, -0.2) is 23.8 Å². The van der Waals surface area contributed by atoms with Crippen LogP contribution in [0.4, 0.5) is 0 Å². The Balaban J connectivity index is 1.75. The summed E-state index contributed by atoms with van der Waals surface area (Å²) in [5.41, 5.74) is 1.88. The molecule has 3 rings (SSSR count). The molecule has 1 heterocycles. The average Bonchev–Trinajstić information content (AvgIpc) is 2.60. The Hall–Kier alpha value is -2.17. The van der Waals surface area contributed by atoms with Crippen LogP contribution in [-0.2, 0) is 16.1 Å². The first-order valence-corrected chi connectivity index (χ1v) is 7.89. The summed E-state index contributed by atoms with van der Waals surface area (Å²) in [6, 6.07) is 13.8. The third kappa shape index (κ3) is 3.97. The molecule has 120 valence electrons. The number of benzene rings is 2. The van der Waals surface area contributed by atoms with Crippen molar-refractivity contribution in [2.45, 2.75) is 32.2 Å². The Labute approximate surface area is 135 Å². The second-order valence-corrected chi connectivity index (χ2v) is 5.64. The smallest absolute Gasteiger partial charge is 0.193 e. The van der Waals surface area contributed by atoms with E-state index in [0.717, 1.165) is 31.4 Å². The lowest BCUT2D eigenvalue weighted by atomic mass is 9.98. The minimum absolute atomic E-state index is 0.0835. The summed E-state index contributed by atoms with van der Waals surface area (Å²) < 4.78 is 11.4. The fourth-order valence-electron chi connectivity index (χ4n) is 2.70. The van der Waals surface area contributed by atoms with E-state index in [9.17, 15) is 9.90 Å². The summed E-state index contributed by atoms with van der Waals surface area (Å²) >= 11 is 0. The number of hydrogen-bond donors (Lipinski definition) is 1. The van der Waals surface area contributed by atoms with Gasteiger partial charge in [-0.15, -0.1) is 0 Å². The third-order valence-corrected chi connectivity index (χ3v) is 3.93. The summed E-state index contributed by atoms with van der Waals surface area (Å²) in [5, 5.41) is 9.56. The van der Waals surface area contributed by atoms with E-state index in [1.807, 2.05) is 18.2 Å². The first kappa shape index (κ1) is 15.7. The van der Waals surface area contributed by atoms with Crippen LogP contribution in [0.1, 0.15) is 40.7 Å². The number of carbonyl (C=O) groups is 1. The summed E-state index contributed by atoms with van der Waals surface area (Å²) in [6.07, 6.45) is 2.89. The Morgan fingerprint density at radius 3 is 2.83 bits per heavy atom. The summed E-state index contributed by atoms with van der Waals surface area (Å²) in [6.45, 7) is 1.07. The van der Waals surface area contributed by atoms with Gasteiger partial charge < -0.3 is 14.6 Å². The molecule has 1 fully saturated rings. The molecule has 1 aliphatic rings. The number of phenols is 1. The van der Waals surface area contributed by atoms with E-state index >= 15 is 0 Å². The molecule has 1 saturated heterocycles. The predicted octanol–water partition coefficient (Wildman–Crippen LogP) is 3.67. The molecule has 0 aliphatic carbocycles. The zero-order chi connectivity index (χ0) is 16.1. The highest BCUT2D eigenvalue weighted by Crippen LogP contribution is 2.21. The van der Waals surface area contributed by atoms with Crippen molar-refractivity contribution < 1.29 is 19.4 Å². The standard InChI is InChI=1S/C19H20O4/c20-16-8-5-7-14(12-16)19(21)17-9-2-1-6-15(17)13-23-18-10-3-4-11-22-18/h1-2,5-9,12,18,20H,3-4,10-11,13H2. The maximum absolute atomic E-state index is 12.7. The average molecular weight is 312 g/mol. The fourth-order valence-corrected chi connectivity index (χ4v) is 2.70. The van der Waals surface area contributed by atoms with Crippen LogP contribution in [0.2, 0.25) is 0 Å².